The average molecular weight is 301 g/mol. The summed E-state index contributed by atoms with van der Waals surface area (Å²) in [4.78, 5) is 0. The fourth-order valence-corrected chi connectivity index (χ4v) is 2.05. The quantitative estimate of drug-likeness (QED) is 0.538. The van der Waals surface area contributed by atoms with Crippen LogP contribution in [-0.4, -0.2) is 25.2 Å². The van der Waals surface area contributed by atoms with Crippen molar-refractivity contribution in [3.63, 3.8) is 0 Å². The number of ether oxygens (including phenoxy) is 2. The molecular formula is C14H21BrO2. The van der Waals surface area contributed by atoms with Gasteiger partial charge in [-0.25, -0.2) is 0 Å². The van der Waals surface area contributed by atoms with Gasteiger partial charge in [0, 0.05) is 11.9 Å². The summed E-state index contributed by atoms with van der Waals surface area (Å²) in [6.07, 6.45) is 1.05. The van der Waals surface area contributed by atoms with Crippen molar-refractivity contribution in [1.29, 1.82) is 0 Å². The van der Waals surface area contributed by atoms with Crippen molar-refractivity contribution in [2.75, 3.05) is 25.2 Å². The molecule has 2 nitrogen and oxygen atoms in total. The van der Waals surface area contributed by atoms with Crippen LogP contribution < -0.4 is 0 Å². The molecule has 1 aromatic rings. The molecule has 0 bridgehead atoms. The fourth-order valence-electron chi connectivity index (χ4n) is 1.56. The number of halogens is 1. The maximum absolute atomic E-state index is 5.94. The van der Waals surface area contributed by atoms with E-state index in [0.717, 1.165) is 18.4 Å². The average Bonchev–Trinajstić information content (AvgIpc) is 2.39. The zero-order valence-electron chi connectivity index (χ0n) is 10.6. The minimum absolute atomic E-state index is 0.281. The van der Waals surface area contributed by atoms with Crippen LogP contribution in [0.5, 0.6) is 0 Å². The van der Waals surface area contributed by atoms with Crippen LogP contribution in [-0.2, 0) is 15.1 Å². The molecule has 1 aromatic carbocycles. The minimum Gasteiger partial charge on any atom is -0.379 e. The van der Waals surface area contributed by atoms with E-state index in [-0.39, 0.29) is 5.60 Å². The highest BCUT2D eigenvalue weighted by atomic mass is 79.9. The van der Waals surface area contributed by atoms with E-state index in [4.69, 9.17) is 9.47 Å². The zero-order valence-corrected chi connectivity index (χ0v) is 12.2. The third kappa shape index (κ3) is 4.78. The van der Waals surface area contributed by atoms with Crippen molar-refractivity contribution in [2.24, 2.45) is 0 Å². The summed E-state index contributed by atoms with van der Waals surface area (Å²) >= 11 is 3.53. The Balaban J connectivity index is 2.46. The van der Waals surface area contributed by atoms with Gasteiger partial charge >= 0.3 is 0 Å². The lowest BCUT2D eigenvalue weighted by Gasteiger charge is -2.28. The predicted octanol–water partition coefficient (Wildman–Crippen LogP) is 3.74. The number of hydrogen-bond acceptors (Lipinski definition) is 2. The summed E-state index contributed by atoms with van der Waals surface area (Å²) in [5.74, 6) is 0. The highest BCUT2D eigenvalue weighted by Crippen LogP contribution is 2.27. The van der Waals surface area contributed by atoms with E-state index < -0.39 is 0 Å². The van der Waals surface area contributed by atoms with E-state index in [1.165, 1.54) is 5.56 Å². The van der Waals surface area contributed by atoms with Crippen LogP contribution >= 0.6 is 15.9 Å². The Bertz CT molecular complexity index is 302. The molecule has 1 unspecified atom stereocenters. The lowest BCUT2D eigenvalue weighted by atomic mass is 9.98. The summed E-state index contributed by atoms with van der Waals surface area (Å²) in [6.45, 7) is 6.28. The summed E-state index contributed by atoms with van der Waals surface area (Å²) in [5.41, 5.74) is 0.906. The standard InChI is InChI=1S/C14H21BrO2/c1-3-9-16-10-11-17-14(2,12-15)13-7-5-4-6-8-13/h4-8H,3,9-12H2,1-2H3. The smallest absolute Gasteiger partial charge is 0.100 e. The van der Waals surface area contributed by atoms with Crippen LogP contribution in [0, 0.1) is 0 Å². The van der Waals surface area contributed by atoms with E-state index in [1.54, 1.807) is 0 Å². The molecule has 0 amide bonds. The molecule has 0 radical (unpaired) electrons. The zero-order chi connectivity index (χ0) is 12.6. The second-order valence-corrected chi connectivity index (χ2v) is 4.75. The van der Waals surface area contributed by atoms with E-state index in [9.17, 15) is 0 Å². The van der Waals surface area contributed by atoms with E-state index in [1.807, 2.05) is 18.2 Å². The maximum Gasteiger partial charge on any atom is 0.100 e. The molecule has 96 valence electrons. The molecule has 0 aliphatic rings. The first-order valence-corrected chi connectivity index (χ1v) is 7.18. The molecule has 1 atom stereocenters. The van der Waals surface area contributed by atoms with Crippen molar-refractivity contribution in [2.45, 2.75) is 25.9 Å². The Morgan fingerprint density at radius 1 is 1.12 bits per heavy atom. The Kier molecular flexibility index (Phi) is 6.78. The Morgan fingerprint density at radius 3 is 2.41 bits per heavy atom. The van der Waals surface area contributed by atoms with Crippen molar-refractivity contribution >= 4 is 15.9 Å². The molecule has 0 aliphatic heterocycles. The van der Waals surface area contributed by atoms with Crippen molar-refractivity contribution in [1.82, 2.24) is 0 Å². The molecule has 0 aromatic heterocycles. The second kappa shape index (κ2) is 7.85. The highest BCUT2D eigenvalue weighted by Gasteiger charge is 2.25. The van der Waals surface area contributed by atoms with Crippen LogP contribution in [0.15, 0.2) is 30.3 Å². The number of hydrogen-bond donors (Lipinski definition) is 0. The summed E-state index contributed by atoms with van der Waals surface area (Å²) in [5, 5.41) is 0.776. The minimum atomic E-state index is -0.281. The normalized spacial score (nSPS) is 14.5. The molecular weight excluding hydrogens is 280 g/mol. The molecule has 17 heavy (non-hydrogen) atoms. The molecule has 0 spiro atoms. The van der Waals surface area contributed by atoms with Gasteiger partial charge in [-0.3, -0.25) is 0 Å². The van der Waals surface area contributed by atoms with Crippen molar-refractivity contribution < 1.29 is 9.47 Å². The van der Waals surface area contributed by atoms with Crippen LogP contribution in [0.4, 0.5) is 0 Å². The predicted molar refractivity (Wildman–Crippen MR) is 74.7 cm³/mol. The largest absolute Gasteiger partial charge is 0.379 e. The maximum atomic E-state index is 5.94. The number of benzene rings is 1. The molecule has 0 heterocycles. The van der Waals surface area contributed by atoms with E-state index in [2.05, 4.69) is 41.9 Å². The van der Waals surface area contributed by atoms with Gasteiger partial charge in [0.05, 0.1) is 13.2 Å². The van der Waals surface area contributed by atoms with Crippen LogP contribution in [0.3, 0.4) is 0 Å². The molecule has 0 aliphatic carbocycles. The second-order valence-electron chi connectivity index (χ2n) is 4.19. The highest BCUT2D eigenvalue weighted by molar-refractivity contribution is 9.09. The SMILES string of the molecule is CCCOCCOC(C)(CBr)c1ccccc1. The van der Waals surface area contributed by atoms with Gasteiger partial charge < -0.3 is 9.47 Å². The molecule has 1 rings (SSSR count). The first kappa shape index (κ1) is 14.7. The van der Waals surface area contributed by atoms with Crippen molar-refractivity contribution in [3.8, 4) is 0 Å². The summed E-state index contributed by atoms with van der Waals surface area (Å²) < 4.78 is 11.4. The Hall–Kier alpha value is -0.380. The van der Waals surface area contributed by atoms with Gasteiger partial charge in [-0.15, -0.1) is 0 Å². The molecule has 3 heteroatoms. The number of alkyl halides is 1. The Morgan fingerprint density at radius 2 is 1.82 bits per heavy atom. The number of rotatable bonds is 8. The third-order valence-electron chi connectivity index (χ3n) is 2.64. The van der Waals surface area contributed by atoms with Crippen LogP contribution in [0.1, 0.15) is 25.8 Å². The van der Waals surface area contributed by atoms with Gasteiger partial charge in [-0.1, -0.05) is 53.2 Å². The van der Waals surface area contributed by atoms with Gasteiger partial charge in [0.1, 0.15) is 5.60 Å². The topological polar surface area (TPSA) is 18.5 Å². The van der Waals surface area contributed by atoms with Crippen molar-refractivity contribution in [3.05, 3.63) is 35.9 Å². The lowest BCUT2D eigenvalue weighted by molar-refractivity contribution is -0.0457. The van der Waals surface area contributed by atoms with Gasteiger partial charge in [-0.2, -0.15) is 0 Å². The van der Waals surface area contributed by atoms with Gasteiger partial charge in [0.2, 0.25) is 0 Å². The van der Waals surface area contributed by atoms with E-state index >= 15 is 0 Å². The fraction of sp³-hybridized carbons (Fsp3) is 0.571. The molecule has 0 N–H and O–H groups in total. The third-order valence-corrected chi connectivity index (χ3v) is 3.71. The molecule has 0 fully saturated rings. The van der Waals surface area contributed by atoms with Gasteiger partial charge in [-0.05, 0) is 18.9 Å². The molecule has 0 saturated heterocycles. The molecule has 0 saturated carbocycles. The Labute approximate surface area is 112 Å². The van der Waals surface area contributed by atoms with Crippen LogP contribution in [0.25, 0.3) is 0 Å². The van der Waals surface area contributed by atoms with Crippen LogP contribution in [0.2, 0.25) is 0 Å². The van der Waals surface area contributed by atoms with Gasteiger partial charge in [0.25, 0.3) is 0 Å². The first-order valence-electron chi connectivity index (χ1n) is 6.06. The van der Waals surface area contributed by atoms with Gasteiger partial charge in [0.15, 0.2) is 0 Å². The summed E-state index contributed by atoms with van der Waals surface area (Å²) in [7, 11) is 0. The monoisotopic (exact) mass is 300 g/mol. The summed E-state index contributed by atoms with van der Waals surface area (Å²) in [6, 6.07) is 10.3. The first-order chi connectivity index (χ1) is 8.23. The lowest BCUT2D eigenvalue weighted by Crippen LogP contribution is -2.29. The van der Waals surface area contributed by atoms with E-state index in [0.29, 0.717) is 13.2 Å².